The maximum absolute atomic E-state index is 9.77. The lowest BCUT2D eigenvalue weighted by Gasteiger charge is -2.29. The molecule has 1 N–H and O–H groups in total. The molecule has 1 aromatic carbocycles. The molecular formula is C15H21NO3. The van der Waals surface area contributed by atoms with Crippen molar-refractivity contribution in [3.05, 3.63) is 29.3 Å². The number of aliphatic hydroxyl groups excluding tert-OH is 1. The van der Waals surface area contributed by atoms with Crippen LogP contribution >= 0.6 is 0 Å². The Hall–Kier alpha value is -1.10. The van der Waals surface area contributed by atoms with Gasteiger partial charge < -0.3 is 19.5 Å². The van der Waals surface area contributed by atoms with E-state index in [0.29, 0.717) is 6.61 Å². The van der Waals surface area contributed by atoms with Crippen molar-refractivity contribution in [3.63, 3.8) is 0 Å². The number of aliphatic hydroxyl groups is 1. The van der Waals surface area contributed by atoms with Gasteiger partial charge in [-0.3, -0.25) is 0 Å². The molecule has 1 aromatic rings. The number of ether oxygens (including phenoxy) is 2. The summed E-state index contributed by atoms with van der Waals surface area (Å²) in [5, 5.41) is 9.77. The lowest BCUT2D eigenvalue weighted by Crippen LogP contribution is -2.42. The molecule has 1 aliphatic carbocycles. The van der Waals surface area contributed by atoms with Gasteiger partial charge in [-0.25, -0.2) is 0 Å². The van der Waals surface area contributed by atoms with E-state index in [2.05, 4.69) is 18.0 Å². The van der Waals surface area contributed by atoms with E-state index in [1.807, 2.05) is 12.1 Å². The van der Waals surface area contributed by atoms with Gasteiger partial charge in [-0.15, -0.1) is 0 Å². The summed E-state index contributed by atoms with van der Waals surface area (Å²) in [5.41, 5.74) is 2.27. The van der Waals surface area contributed by atoms with E-state index in [-0.39, 0.29) is 12.2 Å². The van der Waals surface area contributed by atoms with E-state index in [9.17, 15) is 5.11 Å². The van der Waals surface area contributed by atoms with Crippen molar-refractivity contribution in [2.45, 2.75) is 25.0 Å². The van der Waals surface area contributed by atoms with Crippen LogP contribution in [-0.2, 0) is 11.2 Å². The first-order valence-corrected chi connectivity index (χ1v) is 6.96. The zero-order valence-electron chi connectivity index (χ0n) is 11.3. The number of hydrogen-bond donors (Lipinski definition) is 1. The van der Waals surface area contributed by atoms with Crippen molar-refractivity contribution < 1.29 is 14.6 Å². The van der Waals surface area contributed by atoms with Gasteiger partial charge in [0, 0.05) is 13.1 Å². The van der Waals surface area contributed by atoms with Crippen LogP contribution in [0.5, 0.6) is 5.75 Å². The number of aryl methyl sites for hydroxylation is 1. The van der Waals surface area contributed by atoms with Crippen LogP contribution in [-0.4, -0.2) is 49.5 Å². The monoisotopic (exact) mass is 263 g/mol. The van der Waals surface area contributed by atoms with Gasteiger partial charge in [0.1, 0.15) is 18.5 Å². The number of rotatable bonds is 3. The molecule has 4 heteroatoms. The number of nitrogens with zero attached hydrogens (tertiary/aromatic N) is 1. The van der Waals surface area contributed by atoms with E-state index in [1.54, 1.807) is 0 Å². The van der Waals surface area contributed by atoms with E-state index in [4.69, 9.17) is 9.47 Å². The fourth-order valence-corrected chi connectivity index (χ4v) is 2.82. The Bertz CT molecular complexity index is 449. The minimum Gasteiger partial charge on any atom is -0.491 e. The van der Waals surface area contributed by atoms with Crippen LogP contribution in [0.1, 0.15) is 23.7 Å². The molecule has 2 aliphatic rings. The van der Waals surface area contributed by atoms with Gasteiger partial charge in [-0.05, 0) is 43.1 Å². The highest BCUT2D eigenvalue weighted by Gasteiger charge is 2.21. The molecule has 3 rings (SSSR count). The molecule has 104 valence electrons. The van der Waals surface area contributed by atoms with E-state index >= 15 is 0 Å². The summed E-state index contributed by atoms with van der Waals surface area (Å²) in [7, 11) is 2.10. The molecule has 2 atom stereocenters. The molecule has 0 spiro atoms. The largest absolute Gasteiger partial charge is 0.491 e. The predicted octanol–water partition coefficient (Wildman–Crippen LogP) is 1.38. The molecule has 1 heterocycles. The second-order valence-electron chi connectivity index (χ2n) is 5.48. The van der Waals surface area contributed by atoms with E-state index < -0.39 is 0 Å². The van der Waals surface area contributed by atoms with Crippen LogP contribution in [0.2, 0.25) is 0 Å². The predicted molar refractivity (Wildman–Crippen MR) is 72.5 cm³/mol. The molecule has 4 nitrogen and oxygen atoms in total. The first-order chi connectivity index (χ1) is 9.22. The lowest BCUT2D eigenvalue weighted by molar-refractivity contribution is -0.0403. The number of likely N-dealkylation sites (N-methyl/N-ethyl adjacent to an activating group) is 1. The van der Waals surface area contributed by atoms with Crippen molar-refractivity contribution in [2.24, 2.45) is 0 Å². The third-order valence-electron chi connectivity index (χ3n) is 3.94. The first kappa shape index (κ1) is 12.9. The third kappa shape index (κ3) is 2.91. The number of benzene rings is 1. The van der Waals surface area contributed by atoms with E-state index in [0.717, 1.165) is 43.9 Å². The first-order valence-electron chi connectivity index (χ1n) is 6.96. The normalized spacial score (nSPS) is 27.3. The van der Waals surface area contributed by atoms with Gasteiger partial charge in [0.2, 0.25) is 0 Å². The molecular weight excluding hydrogens is 242 g/mol. The highest BCUT2D eigenvalue weighted by atomic mass is 16.5. The van der Waals surface area contributed by atoms with Gasteiger partial charge in [0.15, 0.2) is 0 Å². The Morgan fingerprint density at radius 2 is 2.37 bits per heavy atom. The van der Waals surface area contributed by atoms with Crippen molar-refractivity contribution >= 4 is 0 Å². The molecule has 1 aliphatic heterocycles. The summed E-state index contributed by atoms with van der Waals surface area (Å²) in [6.45, 7) is 3.28. The van der Waals surface area contributed by atoms with Crippen molar-refractivity contribution in [2.75, 3.05) is 33.4 Å². The van der Waals surface area contributed by atoms with Crippen molar-refractivity contribution in [3.8, 4) is 5.75 Å². The Labute approximate surface area is 113 Å². The van der Waals surface area contributed by atoms with Gasteiger partial charge in [-0.2, -0.15) is 0 Å². The standard InChI is InChI=1S/C15H21NO3/c1-16-6-7-18-13(9-16)10-19-12-3-4-14-11(8-12)2-5-15(14)17/h3-4,8,13,15,17H,2,5-7,9-10H2,1H3/t13?,15-/m1/s1. The van der Waals surface area contributed by atoms with Crippen LogP contribution in [0.4, 0.5) is 0 Å². The second kappa shape index (κ2) is 5.49. The maximum atomic E-state index is 9.77. The quantitative estimate of drug-likeness (QED) is 0.894. The fourth-order valence-electron chi connectivity index (χ4n) is 2.82. The smallest absolute Gasteiger partial charge is 0.119 e. The molecule has 1 fully saturated rings. The molecule has 1 saturated heterocycles. The van der Waals surface area contributed by atoms with Crippen LogP contribution in [0.25, 0.3) is 0 Å². The van der Waals surface area contributed by atoms with Gasteiger partial charge in [-0.1, -0.05) is 6.07 Å². The number of fused-ring (bicyclic) bond motifs is 1. The van der Waals surface area contributed by atoms with Crippen LogP contribution in [0.3, 0.4) is 0 Å². The summed E-state index contributed by atoms with van der Waals surface area (Å²) >= 11 is 0. The number of hydrogen-bond acceptors (Lipinski definition) is 4. The third-order valence-corrected chi connectivity index (χ3v) is 3.94. The summed E-state index contributed by atoms with van der Waals surface area (Å²) in [5.74, 6) is 0.879. The SMILES string of the molecule is CN1CCOC(COc2ccc3c(c2)CC[C@H]3O)C1. The van der Waals surface area contributed by atoms with Crippen LogP contribution in [0.15, 0.2) is 18.2 Å². The van der Waals surface area contributed by atoms with Crippen LogP contribution in [0, 0.1) is 0 Å². The van der Waals surface area contributed by atoms with Crippen molar-refractivity contribution in [1.82, 2.24) is 4.90 Å². The topological polar surface area (TPSA) is 41.9 Å². The highest BCUT2D eigenvalue weighted by molar-refractivity contribution is 5.39. The van der Waals surface area contributed by atoms with Gasteiger partial charge in [0.05, 0.1) is 12.7 Å². The zero-order chi connectivity index (χ0) is 13.2. The number of morpholine rings is 1. The molecule has 0 aromatic heterocycles. The summed E-state index contributed by atoms with van der Waals surface area (Å²) in [6.07, 6.45) is 1.63. The Morgan fingerprint density at radius 3 is 3.21 bits per heavy atom. The Balaban J connectivity index is 1.58. The molecule has 1 unspecified atom stereocenters. The van der Waals surface area contributed by atoms with Crippen LogP contribution < -0.4 is 4.74 Å². The van der Waals surface area contributed by atoms with Gasteiger partial charge >= 0.3 is 0 Å². The summed E-state index contributed by atoms with van der Waals surface area (Å²) in [6, 6.07) is 5.98. The second-order valence-corrected chi connectivity index (χ2v) is 5.48. The maximum Gasteiger partial charge on any atom is 0.119 e. The fraction of sp³-hybridized carbons (Fsp3) is 0.600. The molecule has 0 bridgehead atoms. The average molecular weight is 263 g/mol. The zero-order valence-corrected chi connectivity index (χ0v) is 11.3. The lowest BCUT2D eigenvalue weighted by atomic mass is 10.1. The molecule has 0 radical (unpaired) electrons. The highest BCUT2D eigenvalue weighted by Crippen LogP contribution is 2.33. The van der Waals surface area contributed by atoms with Gasteiger partial charge in [0.25, 0.3) is 0 Å². The minimum absolute atomic E-state index is 0.151. The summed E-state index contributed by atoms with van der Waals surface area (Å²) < 4.78 is 11.5. The molecule has 19 heavy (non-hydrogen) atoms. The molecule has 0 saturated carbocycles. The summed E-state index contributed by atoms with van der Waals surface area (Å²) in [4.78, 5) is 2.26. The Kier molecular flexibility index (Phi) is 3.73. The molecule has 0 amide bonds. The Morgan fingerprint density at radius 1 is 1.47 bits per heavy atom. The van der Waals surface area contributed by atoms with Crippen molar-refractivity contribution in [1.29, 1.82) is 0 Å². The minimum atomic E-state index is -0.292. The van der Waals surface area contributed by atoms with E-state index in [1.165, 1.54) is 5.56 Å². The average Bonchev–Trinajstić information content (AvgIpc) is 2.78.